The van der Waals surface area contributed by atoms with Crippen LogP contribution in [0.1, 0.15) is 12.0 Å². The van der Waals surface area contributed by atoms with Crippen molar-refractivity contribution in [2.24, 2.45) is 5.92 Å². The van der Waals surface area contributed by atoms with E-state index in [4.69, 9.17) is 0 Å². The van der Waals surface area contributed by atoms with Gasteiger partial charge in [0.15, 0.2) is 15.7 Å². The summed E-state index contributed by atoms with van der Waals surface area (Å²) in [6, 6.07) is 11.6. The predicted octanol–water partition coefficient (Wildman–Crippen LogP) is 1.30. The zero-order valence-corrected chi connectivity index (χ0v) is 12.8. The predicted molar refractivity (Wildman–Crippen MR) is 83.2 cm³/mol. The molecule has 0 radical (unpaired) electrons. The van der Waals surface area contributed by atoms with Crippen LogP contribution in [0.3, 0.4) is 0 Å². The Bertz CT molecular complexity index is 768. The third-order valence-corrected chi connectivity index (χ3v) is 5.45. The summed E-state index contributed by atoms with van der Waals surface area (Å²) in [5, 5.41) is 6.98. The van der Waals surface area contributed by atoms with Gasteiger partial charge in [-0.2, -0.15) is 5.10 Å². The van der Waals surface area contributed by atoms with E-state index in [9.17, 15) is 13.2 Å². The SMILES string of the molecule is O=C(Nc1ccn(Cc2ccccc2)n1)C1CCS(=O)(=O)C1. The lowest BCUT2D eigenvalue weighted by molar-refractivity contribution is -0.119. The van der Waals surface area contributed by atoms with Crippen LogP contribution in [-0.4, -0.2) is 35.6 Å². The van der Waals surface area contributed by atoms with Gasteiger partial charge in [0.1, 0.15) is 0 Å². The average Bonchev–Trinajstić information content (AvgIpc) is 3.06. The molecule has 2 heterocycles. The van der Waals surface area contributed by atoms with Crippen LogP contribution in [0.5, 0.6) is 0 Å². The number of hydrogen-bond acceptors (Lipinski definition) is 4. The van der Waals surface area contributed by atoms with Crippen LogP contribution in [0, 0.1) is 5.92 Å². The number of hydrogen-bond donors (Lipinski definition) is 1. The van der Waals surface area contributed by atoms with Crippen LogP contribution >= 0.6 is 0 Å². The second-order valence-electron chi connectivity index (χ2n) is 5.47. The Hall–Kier alpha value is -2.15. The summed E-state index contributed by atoms with van der Waals surface area (Å²) in [5.41, 5.74) is 1.12. The largest absolute Gasteiger partial charge is 0.309 e. The summed E-state index contributed by atoms with van der Waals surface area (Å²) < 4.78 is 24.5. The van der Waals surface area contributed by atoms with Crippen molar-refractivity contribution in [3.8, 4) is 0 Å². The molecule has 1 atom stereocenters. The lowest BCUT2D eigenvalue weighted by Crippen LogP contribution is -2.24. The highest BCUT2D eigenvalue weighted by atomic mass is 32.2. The van der Waals surface area contributed by atoms with Gasteiger partial charge >= 0.3 is 0 Å². The minimum atomic E-state index is -3.05. The zero-order chi connectivity index (χ0) is 15.6. The molecule has 1 amide bonds. The van der Waals surface area contributed by atoms with E-state index in [1.165, 1.54) is 0 Å². The Labute approximate surface area is 129 Å². The summed E-state index contributed by atoms with van der Waals surface area (Å²) in [6.07, 6.45) is 2.17. The van der Waals surface area contributed by atoms with E-state index in [0.717, 1.165) is 5.56 Å². The lowest BCUT2D eigenvalue weighted by Gasteiger charge is -2.07. The maximum Gasteiger partial charge on any atom is 0.229 e. The molecule has 1 aliphatic heterocycles. The monoisotopic (exact) mass is 319 g/mol. The third-order valence-electron chi connectivity index (χ3n) is 3.68. The van der Waals surface area contributed by atoms with Gasteiger partial charge in [-0.1, -0.05) is 30.3 Å². The summed E-state index contributed by atoms with van der Waals surface area (Å²) in [4.78, 5) is 12.0. The molecular weight excluding hydrogens is 302 g/mol. The second-order valence-corrected chi connectivity index (χ2v) is 7.70. The van der Waals surface area contributed by atoms with Crippen molar-refractivity contribution in [3.63, 3.8) is 0 Å². The Balaban J connectivity index is 1.61. The molecule has 1 saturated heterocycles. The average molecular weight is 319 g/mol. The number of carbonyl (C=O) groups excluding carboxylic acids is 1. The minimum absolute atomic E-state index is 0.0659. The van der Waals surface area contributed by atoms with Crippen molar-refractivity contribution in [3.05, 3.63) is 48.2 Å². The number of carbonyl (C=O) groups is 1. The van der Waals surface area contributed by atoms with E-state index in [1.807, 2.05) is 30.3 Å². The number of amides is 1. The maximum atomic E-state index is 12.0. The van der Waals surface area contributed by atoms with Crippen LogP contribution in [0.25, 0.3) is 0 Å². The molecule has 0 bridgehead atoms. The molecule has 1 aromatic heterocycles. The molecule has 2 aromatic rings. The first-order valence-electron chi connectivity index (χ1n) is 7.10. The smallest absolute Gasteiger partial charge is 0.229 e. The van der Waals surface area contributed by atoms with Gasteiger partial charge in [0.05, 0.1) is 24.0 Å². The normalized spacial score (nSPS) is 19.9. The number of aromatic nitrogens is 2. The Morgan fingerprint density at radius 3 is 2.73 bits per heavy atom. The Morgan fingerprint density at radius 2 is 2.05 bits per heavy atom. The van der Waals surface area contributed by atoms with Crippen molar-refractivity contribution in [2.45, 2.75) is 13.0 Å². The summed E-state index contributed by atoms with van der Waals surface area (Å²) in [7, 11) is -3.05. The highest BCUT2D eigenvalue weighted by Crippen LogP contribution is 2.20. The van der Waals surface area contributed by atoms with Gasteiger partial charge in [0, 0.05) is 12.3 Å². The first-order chi connectivity index (χ1) is 10.5. The minimum Gasteiger partial charge on any atom is -0.309 e. The molecule has 1 aromatic carbocycles. The molecule has 0 spiro atoms. The zero-order valence-electron chi connectivity index (χ0n) is 12.0. The molecule has 1 N–H and O–H groups in total. The Kier molecular flexibility index (Phi) is 3.98. The molecule has 1 unspecified atom stereocenters. The molecule has 22 heavy (non-hydrogen) atoms. The quantitative estimate of drug-likeness (QED) is 0.921. The van der Waals surface area contributed by atoms with Gasteiger partial charge in [-0.25, -0.2) is 8.42 Å². The first kappa shape index (κ1) is 14.8. The van der Waals surface area contributed by atoms with E-state index in [1.54, 1.807) is 16.9 Å². The number of rotatable bonds is 4. The van der Waals surface area contributed by atoms with Crippen LogP contribution in [0.15, 0.2) is 42.6 Å². The molecular formula is C15H17N3O3S. The van der Waals surface area contributed by atoms with Gasteiger partial charge in [0.2, 0.25) is 5.91 Å². The summed E-state index contributed by atoms with van der Waals surface area (Å²) >= 11 is 0. The Morgan fingerprint density at radius 1 is 1.27 bits per heavy atom. The number of nitrogens with zero attached hydrogens (tertiary/aromatic N) is 2. The van der Waals surface area contributed by atoms with Crippen LogP contribution in [-0.2, 0) is 21.2 Å². The highest BCUT2D eigenvalue weighted by Gasteiger charge is 2.33. The number of anilines is 1. The van der Waals surface area contributed by atoms with Crippen LogP contribution in [0.2, 0.25) is 0 Å². The number of nitrogens with one attached hydrogen (secondary N) is 1. The van der Waals surface area contributed by atoms with Gasteiger partial charge in [0.25, 0.3) is 0 Å². The summed E-state index contributed by atoms with van der Waals surface area (Å²) in [5.74, 6) is -0.266. The van der Waals surface area contributed by atoms with E-state index in [0.29, 0.717) is 18.8 Å². The second kappa shape index (κ2) is 5.92. The summed E-state index contributed by atoms with van der Waals surface area (Å²) in [6.45, 7) is 0.620. The third kappa shape index (κ3) is 3.54. The maximum absolute atomic E-state index is 12.0. The fourth-order valence-corrected chi connectivity index (χ4v) is 4.26. The molecule has 116 valence electrons. The molecule has 6 nitrogen and oxygen atoms in total. The first-order valence-corrected chi connectivity index (χ1v) is 8.93. The number of sulfone groups is 1. The molecule has 0 saturated carbocycles. The molecule has 7 heteroatoms. The fraction of sp³-hybridized carbons (Fsp3) is 0.333. The van der Waals surface area contributed by atoms with Crippen molar-refractivity contribution >= 4 is 21.6 Å². The van der Waals surface area contributed by atoms with Gasteiger partial charge in [-0.3, -0.25) is 9.48 Å². The van der Waals surface area contributed by atoms with E-state index < -0.39 is 15.8 Å². The van der Waals surface area contributed by atoms with Crippen LogP contribution in [0.4, 0.5) is 5.82 Å². The van der Waals surface area contributed by atoms with Crippen molar-refractivity contribution in [1.82, 2.24) is 9.78 Å². The molecule has 0 aliphatic carbocycles. The highest BCUT2D eigenvalue weighted by molar-refractivity contribution is 7.91. The standard InChI is InChI=1S/C15H17N3O3S/c19-15(13-7-9-22(20,21)11-13)16-14-6-8-18(17-14)10-12-4-2-1-3-5-12/h1-6,8,13H,7,9-11H2,(H,16,17,19). The molecule has 1 fully saturated rings. The number of benzene rings is 1. The van der Waals surface area contributed by atoms with E-state index in [-0.39, 0.29) is 17.4 Å². The van der Waals surface area contributed by atoms with E-state index in [2.05, 4.69) is 10.4 Å². The topological polar surface area (TPSA) is 81.1 Å². The molecule has 3 rings (SSSR count). The van der Waals surface area contributed by atoms with Crippen molar-refractivity contribution in [2.75, 3.05) is 16.8 Å². The van der Waals surface area contributed by atoms with Gasteiger partial charge in [-0.15, -0.1) is 0 Å². The van der Waals surface area contributed by atoms with Crippen molar-refractivity contribution in [1.29, 1.82) is 0 Å². The van der Waals surface area contributed by atoms with Crippen LogP contribution < -0.4 is 5.32 Å². The molecule has 1 aliphatic rings. The fourth-order valence-electron chi connectivity index (χ4n) is 2.52. The van der Waals surface area contributed by atoms with E-state index >= 15 is 0 Å². The van der Waals surface area contributed by atoms with Gasteiger partial charge < -0.3 is 5.32 Å². The lowest BCUT2D eigenvalue weighted by atomic mass is 10.1. The van der Waals surface area contributed by atoms with Gasteiger partial charge in [-0.05, 0) is 12.0 Å². The van der Waals surface area contributed by atoms with Crippen molar-refractivity contribution < 1.29 is 13.2 Å².